The smallest absolute Gasteiger partial charge is 0.252 e. The van der Waals surface area contributed by atoms with Crippen LogP contribution in [-0.2, 0) is 6.54 Å². The Morgan fingerprint density at radius 3 is 2.61 bits per heavy atom. The minimum absolute atomic E-state index is 0.0743. The fraction of sp³-hybridized carbons (Fsp3) is 0.188. The molecule has 0 radical (unpaired) electrons. The molecule has 118 valence electrons. The van der Waals surface area contributed by atoms with E-state index < -0.39 is 0 Å². The molecule has 0 atom stereocenters. The molecular formula is C16H14Cl2N4O. The minimum Gasteiger partial charge on any atom is -0.324 e. The first-order valence-electron chi connectivity index (χ1n) is 7.16. The summed E-state index contributed by atoms with van der Waals surface area (Å²) in [6.45, 7) is 2.62. The maximum absolute atomic E-state index is 12.0. The topological polar surface area (TPSA) is 59.8 Å². The van der Waals surface area contributed by atoms with E-state index in [0.717, 1.165) is 11.8 Å². The van der Waals surface area contributed by atoms with Gasteiger partial charge < -0.3 is 5.32 Å². The van der Waals surface area contributed by atoms with Crippen molar-refractivity contribution in [3.05, 3.63) is 56.9 Å². The largest absolute Gasteiger partial charge is 0.324 e. The summed E-state index contributed by atoms with van der Waals surface area (Å²) in [5.41, 5.74) is 1.21. The molecule has 0 saturated heterocycles. The highest BCUT2D eigenvalue weighted by molar-refractivity contribution is 6.35. The normalized spacial score (nSPS) is 10.9. The van der Waals surface area contributed by atoms with Crippen molar-refractivity contribution < 1.29 is 0 Å². The van der Waals surface area contributed by atoms with Gasteiger partial charge in [0, 0.05) is 39.9 Å². The zero-order chi connectivity index (χ0) is 16.4. The highest BCUT2D eigenvalue weighted by atomic mass is 35.5. The van der Waals surface area contributed by atoms with Crippen LogP contribution in [0.4, 0.5) is 11.6 Å². The molecule has 2 aromatic heterocycles. The van der Waals surface area contributed by atoms with Crippen LogP contribution >= 0.6 is 23.2 Å². The van der Waals surface area contributed by atoms with Gasteiger partial charge in [-0.15, -0.1) is 0 Å². The van der Waals surface area contributed by atoms with Crippen LogP contribution in [0.3, 0.4) is 0 Å². The molecule has 0 amide bonds. The number of nitrogens with zero attached hydrogens (tertiary/aromatic N) is 3. The molecule has 0 spiro atoms. The van der Waals surface area contributed by atoms with Gasteiger partial charge in [0.05, 0.1) is 0 Å². The SMILES string of the molecule is CCCn1c(=O)ccc2cnc(Nc3cc(Cl)cc(Cl)c3)nc21. The van der Waals surface area contributed by atoms with Crippen molar-refractivity contribution in [1.29, 1.82) is 0 Å². The number of rotatable bonds is 4. The molecule has 5 nitrogen and oxygen atoms in total. The molecule has 0 aliphatic carbocycles. The Morgan fingerprint density at radius 1 is 1.17 bits per heavy atom. The summed E-state index contributed by atoms with van der Waals surface area (Å²) >= 11 is 12.0. The molecule has 1 aromatic carbocycles. The quantitative estimate of drug-likeness (QED) is 0.765. The summed E-state index contributed by atoms with van der Waals surface area (Å²) in [4.78, 5) is 20.8. The lowest BCUT2D eigenvalue weighted by Crippen LogP contribution is -2.20. The van der Waals surface area contributed by atoms with E-state index in [0.29, 0.717) is 33.9 Å². The minimum atomic E-state index is -0.0743. The van der Waals surface area contributed by atoms with E-state index in [1.165, 1.54) is 6.07 Å². The number of nitrogens with one attached hydrogen (secondary N) is 1. The molecule has 0 fully saturated rings. The number of hydrogen-bond acceptors (Lipinski definition) is 4. The van der Waals surface area contributed by atoms with Crippen LogP contribution in [0, 0.1) is 0 Å². The Balaban J connectivity index is 2.05. The van der Waals surface area contributed by atoms with Crippen molar-refractivity contribution in [1.82, 2.24) is 14.5 Å². The molecule has 2 heterocycles. The monoisotopic (exact) mass is 348 g/mol. The summed E-state index contributed by atoms with van der Waals surface area (Å²) in [5.74, 6) is 0.381. The predicted octanol–water partition coefficient (Wildman–Crippen LogP) is 4.25. The van der Waals surface area contributed by atoms with E-state index in [4.69, 9.17) is 23.2 Å². The summed E-state index contributed by atoms with van der Waals surface area (Å²) < 4.78 is 1.65. The zero-order valence-corrected chi connectivity index (χ0v) is 13.9. The van der Waals surface area contributed by atoms with Crippen molar-refractivity contribution in [3.63, 3.8) is 0 Å². The average Bonchev–Trinajstić information content (AvgIpc) is 2.49. The van der Waals surface area contributed by atoms with Crippen molar-refractivity contribution in [2.75, 3.05) is 5.32 Å². The van der Waals surface area contributed by atoms with Gasteiger partial charge in [0.25, 0.3) is 5.56 Å². The van der Waals surface area contributed by atoms with Gasteiger partial charge in [-0.2, -0.15) is 4.98 Å². The van der Waals surface area contributed by atoms with Crippen molar-refractivity contribution >= 4 is 45.9 Å². The van der Waals surface area contributed by atoms with Crippen LogP contribution in [0.5, 0.6) is 0 Å². The van der Waals surface area contributed by atoms with E-state index >= 15 is 0 Å². The Labute approximate surface area is 142 Å². The molecule has 3 aromatic rings. The standard InChI is InChI=1S/C16H14Cl2N4O/c1-2-5-22-14(23)4-3-10-9-19-16(21-15(10)22)20-13-7-11(17)6-12(18)8-13/h3-4,6-9H,2,5H2,1H3,(H,19,20,21). The van der Waals surface area contributed by atoms with Gasteiger partial charge in [-0.25, -0.2) is 4.98 Å². The van der Waals surface area contributed by atoms with Crippen LogP contribution in [0.2, 0.25) is 10.0 Å². The Bertz CT molecular complexity index is 903. The maximum atomic E-state index is 12.0. The molecular weight excluding hydrogens is 335 g/mol. The molecule has 23 heavy (non-hydrogen) atoms. The van der Waals surface area contributed by atoms with Crippen LogP contribution < -0.4 is 10.9 Å². The van der Waals surface area contributed by atoms with Gasteiger partial charge >= 0.3 is 0 Å². The van der Waals surface area contributed by atoms with Crippen LogP contribution in [0.15, 0.2) is 41.3 Å². The number of pyridine rings is 1. The highest BCUT2D eigenvalue weighted by Crippen LogP contribution is 2.24. The van der Waals surface area contributed by atoms with E-state index in [1.807, 2.05) is 6.92 Å². The number of halogens is 2. The van der Waals surface area contributed by atoms with E-state index in [9.17, 15) is 4.79 Å². The lowest BCUT2D eigenvalue weighted by atomic mass is 10.3. The summed E-state index contributed by atoms with van der Waals surface area (Å²) in [6.07, 6.45) is 2.53. The third-order valence-electron chi connectivity index (χ3n) is 3.29. The Morgan fingerprint density at radius 2 is 1.91 bits per heavy atom. The molecule has 0 aliphatic heterocycles. The molecule has 0 aliphatic rings. The van der Waals surface area contributed by atoms with Crippen molar-refractivity contribution in [3.8, 4) is 0 Å². The van der Waals surface area contributed by atoms with E-state index in [-0.39, 0.29) is 5.56 Å². The van der Waals surface area contributed by atoms with Crippen molar-refractivity contribution in [2.45, 2.75) is 19.9 Å². The van der Waals surface area contributed by atoms with Gasteiger partial charge in [-0.1, -0.05) is 30.1 Å². The van der Waals surface area contributed by atoms with Gasteiger partial charge in [0.2, 0.25) is 5.95 Å². The average molecular weight is 349 g/mol. The van der Waals surface area contributed by atoms with Gasteiger partial charge in [0.1, 0.15) is 5.65 Å². The lowest BCUT2D eigenvalue weighted by molar-refractivity contribution is 0.671. The van der Waals surface area contributed by atoms with Crippen LogP contribution in [0.1, 0.15) is 13.3 Å². The fourth-order valence-corrected chi connectivity index (χ4v) is 2.85. The van der Waals surface area contributed by atoms with Crippen LogP contribution in [-0.4, -0.2) is 14.5 Å². The first-order chi connectivity index (χ1) is 11.1. The number of benzene rings is 1. The Hall–Kier alpha value is -2.11. The van der Waals surface area contributed by atoms with E-state index in [1.54, 1.807) is 35.0 Å². The third-order valence-corrected chi connectivity index (χ3v) is 3.73. The number of anilines is 2. The number of aromatic nitrogens is 3. The summed E-state index contributed by atoms with van der Waals surface area (Å²) in [6, 6.07) is 8.36. The first-order valence-corrected chi connectivity index (χ1v) is 7.92. The third kappa shape index (κ3) is 3.46. The van der Waals surface area contributed by atoms with Gasteiger partial charge in [0.15, 0.2) is 0 Å². The van der Waals surface area contributed by atoms with Crippen molar-refractivity contribution in [2.24, 2.45) is 0 Å². The summed E-state index contributed by atoms with van der Waals surface area (Å²) in [5, 5.41) is 4.91. The number of fused-ring (bicyclic) bond motifs is 1. The fourth-order valence-electron chi connectivity index (χ4n) is 2.33. The Kier molecular flexibility index (Phi) is 4.50. The molecule has 0 unspecified atom stereocenters. The van der Waals surface area contributed by atoms with Crippen LogP contribution in [0.25, 0.3) is 11.0 Å². The maximum Gasteiger partial charge on any atom is 0.252 e. The molecule has 0 bridgehead atoms. The lowest BCUT2D eigenvalue weighted by Gasteiger charge is -2.10. The molecule has 1 N–H and O–H groups in total. The second kappa shape index (κ2) is 6.56. The first kappa shape index (κ1) is 15.8. The van der Waals surface area contributed by atoms with E-state index in [2.05, 4.69) is 15.3 Å². The zero-order valence-electron chi connectivity index (χ0n) is 12.4. The molecule has 0 saturated carbocycles. The molecule has 7 heteroatoms. The molecule has 3 rings (SSSR count). The number of aryl methyl sites for hydroxylation is 1. The summed E-state index contributed by atoms with van der Waals surface area (Å²) in [7, 11) is 0. The van der Waals surface area contributed by atoms with Gasteiger partial charge in [-0.3, -0.25) is 9.36 Å². The predicted molar refractivity (Wildman–Crippen MR) is 93.8 cm³/mol. The second-order valence-electron chi connectivity index (χ2n) is 5.08. The second-order valence-corrected chi connectivity index (χ2v) is 5.95. The van der Waals surface area contributed by atoms with Gasteiger partial charge in [-0.05, 0) is 30.7 Å². The number of hydrogen-bond donors (Lipinski definition) is 1. The highest BCUT2D eigenvalue weighted by Gasteiger charge is 2.07.